The van der Waals surface area contributed by atoms with Crippen molar-refractivity contribution in [1.29, 1.82) is 5.26 Å². The van der Waals surface area contributed by atoms with Crippen molar-refractivity contribution in [3.63, 3.8) is 0 Å². The number of Topliss-reactive ketones (excluding diaryl/α,β-unsaturated/α-hetero) is 1. The van der Waals surface area contributed by atoms with Crippen LogP contribution in [-0.4, -0.2) is 18.4 Å². The van der Waals surface area contributed by atoms with E-state index in [9.17, 15) is 9.59 Å². The highest BCUT2D eigenvalue weighted by molar-refractivity contribution is 5.90. The Kier molecular flexibility index (Phi) is 5.74. The molecular formula is C15H17NO3. The summed E-state index contributed by atoms with van der Waals surface area (Å²) < 4.78 is 4.76. The summed E-state index contributed by atoms with van der Waals surface area (Å²) in [7, 11) is 0. The zero-order valence-electron chi connectivity index (χ0n) is 11.2. The summed E-state index contributed by atoms with van der Waals surface area (Å²) >= 11 is 0. The second kappa shape index (κ2) is 7.32. The minimum Gasteiger partial charge on any atom is -0.466 e. The molecule has 0 bridgehead atoms. The third kappa shape index (κ3) is 4.22. The fraction of sp³-hybridized carbons (Fsp3) is 0.400. The van der Waals surface area contributed by atoms with Crippen LogP contribution in [0.2, 0.25) is 0 Å². The quantitative estimate of drug-likeness (QED) is 0.736. The fourth-order valence-electron chi connectivity index (χ4n) is 1.83. The van der Waals surface area contributed by atoms with Gasteiger partial charge in [-0.2, -0.15) is 5.26 Å². The number of ketones is 1. The molecule has 1 aromatic carbocycles. The Morgan fingerprint density at radius 1 is 1.32 bits per heavy atom. The van der Waals surface area contributed by atoms with Gasteiger partial charge in [0.05, 0.1) is 19.1 Å². The van der Waals surface area contributed by atoms with Gasteiger partial charge < -0.3 is 4.74 Å². The molecule has 1 unspecified atom stereocenters. The zero-order valence-corrected chi connectivity index (χ0v) is 11.2. The molecule has 0 aliphatic rings. The number of nitriles is 1. The molecule has 0 aliphatic carbocycles. The first-order valence-corrected chi connectivity index (χ1v) is 6.23. The van der Waals surface area contributed by atoms with Crippen molar-refractivity contribution in [2.24, 2.45) is 0 Å². The molecule has 0 saturated heterocycles. The Bertz CT molecular complexity index is 502. The van der Waals surface area contributed by atoms with Gasteiger partial charge in [0.1, 0.15) is 5.92 Å². The molecule has 0 aliphatic heterocycles. The third-order valence-electron chi connectivity index (χ3n) is 2.83. The van der Waals surface area contributed by atoms with E-state index in [1.165, 1.54) is 0 Å². The summed E-state index contributed by atoms with van der Waals surface area (Å²) in [6.07, 6.45) is 0.0577. The van der Waals surface area contributed by atoms with Crippen LogP contribution in [0, 0.1) is 18.3 Å². The van der Waals surface area contributed by atoms with E-state index in [0.29, 0.717) is 12.2 Å². The van der Waals surface area contributed by atoms with Crippen molar-refractivity contribution in [2.45, 2.75) is 32.6 Å². The summed E-state index contributed by atoms with van der Waals surface area (Å²) in [5.41, 5.74) is 1.61. The Morgan fingerprint density at radius 2 is 2.00 bits per heavy atom. The van der Waals surface area contributed by atoms with Gasteiger partial charge >= 0.3 is 5.97 Å². The van der Waals surface area contributed by atoms with Gasteiger partial charge in [-0.05, 0) is 25.0 Å². The highest BCUT2D eigenvalue weighted by Gasteiger charge is 2.22. The van der Waals surface area contributed by atoms with E-state index in [-0.39, 0.29) is 18.6 Å². The van der Waals surface area contributed by atoms with Gasteiger partial charge in [-0.3, -0.25) is 9.59 Å². The third-order valence-corrected chi connectivity index (χ3v) is 2.83. The van der Waals surface area contributed by atoms with Gasteiger partial charge in [0.15, 0.2) is 5.78 Å². The normalized spacial score (nSPS) is 11.4. The van der Waals surface area contributed by atoms with Crippen LogP contribution in [-0.2, 0) is 14.3 Å². The number of hydrogen-bond acceptors (Lipinski definition) is 4. The lowest BCUT2D eigenvalue weighted by Gasteiger charge is -2.11. The Balaban J connectivity index is 2.71. The Hall–Kier alpha value is -2.15. The molecule has 0 heterocycles. The lowest BCUT2D eigenvalue weighted by atomic mass is 9.90. The van der Waals surface area contributed by atoms with Crippen molar-refractivity contribution in [3.8, 4) is 6.07 Å². The number of ether oxygens (including phenoxy) is 1. The average Bonchev–Trinajstić information content (AvgIpc) is 2.40. The number of esters is 1. The zero-order chi connectivity index (χ0) is 14.3. The maximum Gasteiger partial charge on any atom is 0.306 e. The minimum atomic E-state index is -0.810. The molecule has 0 aromatic heterocycles. The highest BCUT2D eigenvalue weighted by Crippen LogP contribution is 2.21. The lowest BCUT2D eigenvalue weighted by molar-refractivity contribution is -0.144. The van der Waals surface area contributed by atoms with Crippen LogP contribution in [0.25, 0.3) is 0 Å². The first-order chi connectivity index (χ1) is 9.10. The molecule has 1 aromatic rings. The van der Waals surface area contributed by atoms with Crippen molar-refractivity contribution in [3.05, 3.63) is 35.4 Å². The number of benzene rings is 1. The molecule has 19 heavy (non-hydrogen) atoms. The van der Waals surface area contributed by atoms with E-state index in [1.807, 2.05) is 25.1 Å². The van der Waals surface area contributed by atoms with Gasteiger partial charge in [-0.25, -0.2) is 0 Å². The number of rotatable bonds is 6. The second-order valence-electron chi connectivity index (χ2n) is 4.19. The van der Waals surface area contributed by atoms with Crippen LogP contribution in [0.3, 0.4) is 0 Å². The maximum atomic E-state index is 12.0. The first-order valence-electron chi connectivity index (χ1n) is 6.23. The van der Waals surface area contributed by atoms with E-state index in [1.54, 1.807) is 19.1 Å². The van der Waals surface area contributed by atoms with Crippen molar-refractivity contribution >= 4 is 11.8 Å². The Labute approximate surface area is 113 Å². The number of aryl methyl sites for hydroxylation is 1. The average molecular weight is 259 g/mol. The van der Waals surface area contributed by atoms with Crippen molar-refractivity contribution in [1.82, 2.24) is 0 Å². The number of carbonyl (C=O) groups excluding carboxylic acids is 2. The number of carbonyl (C=O) groups is 2. The van der Waals surface area contributed by atoms with Gasteiger partial charge in [0.2, 0.25) is 0 Å². The summed E-state index contributed by atoms with van der Waals surface area (Å²) in [6, 6.07) is 9.30. The van der Waals surface area contributed by atoms with Gasteiger partial charge in [-0.1, -0.05) is 24.3 Å². The largest absolute Gasteiger partial charge is 0.466 e. The minimum absolute atomic E-state index is 0.0245. The van der Waals surface area contributed by atoms with E-state index >= 15 is 0 Å². The van der Waals surface area contributed by atoms with Crippen LogP contribution in [0.4, 0.5) is 0 Å². The number of hydrogen-bond donors (Lipinski definition) is 0. The second-order valence-corrected chi connectivity index (χ2v) is 4.19. The van der Waals surface area contributed by atoms with Crippen LogP contribution in [0.15, 0.2) is 24.3 Å². The van der Waals surface area contributed by atoms with E-state index in [2.05, 4.69) is 0 Å². The molecule has 0 fully saturated rings. The van der Waals surface area contributed by atoms with Crippen LogP contribution in [0.5, 0.6) is 0 Å². The van der Waals surface area contributed by atoms with E-state index in [0.717, 1.165) is 5.56 Å². The topological polar surface area (TPSA) is 67.2 Å². The molecule has 1 rings (SSSR count). The first kappa shape index (κ1) is 14.9. The standard InChI is InChI=1S/C15H17NO3/c1-3-19-15(18)9-8-14(17)13(10-16)12-7-5-4-6-11(12)2/h4-7,13H,3,8-9H2,1-2H3. The SMILES string of the molecule is CCOC(=O)CCC(=O)C(C#N)c1ccccc1C. The van der Waals surface area contributed by atoms with Crippen molar-refractivity contribution in [2.75, 3.05) is 6.61 Å². The molecule has 0 radical (unpaired) electrons. The molecule has 0 saturated carbocycles. The van der Waals surface area contributed by atoms with Crippen LogP contribution in [0.1, 0.15) is 36.8 Å². The predicted octanol–water partition coefficient (Wildman–Crippen LogP) is 2.51. The smallest absolute Gasteiger partial charge is 0.306 e. The lowest BCUT2D eigenvalue weighted by Crippen LogP contribution is -2.14. The summed E-state index contributed by atoms with van der Waals surface area (Å²) in [5, 5.41) is 9.16. The monoisotopic (exact) mass is 259 g/mol. The molecule has 1 atom stereocenters. The number of nitrogens with zero attached hydrogens (tertiary/aromatic N) is 1. The molecule has 0 spiro atoms. The highest BCUT2D eigenvalue weighted by atomic mass is 16.5. The molecule has 0 amide bonds. The van der Waals surface area contributed by atoms with E-state index < -0.39 is 11.9 Å². The van der Waals surface area contributed by atoms with Gasteiger partial charge in [0.25, 0.3) is 0 Å². The predicted molar refractivity (Wildman–Crippen MR) is 70.4 cm³/mol. The molecule has 4 heteroatoms. The molecule has 4 nitrogen and oxygen atoms in total. The van der Waals surface area contributed by atoms with Crippen molar-refractivity contribution < 1.29 is 14.3 Å². The van der Waals surface area contributed by atoms with Gasteiger partial charge in [0, 0.05) is 6.42 Å². The summed E-state index contributed by atoms with van der Waals surface area (Å²) in [4.78, 5) is 23.2. The fourth-order valence-corrected chi connectivity index (χ4v) is 1.83. The van der Waals surface area contributed by atoms with Crippen LogP contribution >= 0.6 is 0 Å². The Morgan fingerprint density at radius 3 is 2.58 bits per heavy atom. The van der Waals surface area contributed by atoms with Crippen LogP contribution < -0.4 is 0 Å². The van der Waals surface area contributed by atoms with Gasteiger partial charge in [-0.15, -0.1) is 0 Å². The molecular weight excluding hydrogens is 242 g/mol. The maximum absolute atomic E-state index is 12.0. The molecule has 0 N–H and O–H groups in total. The molecule has 100 valence electrons. The van der Waals surface area contributed by atoms with E-state index in [4.69, 9.17) is 10.00 Å². The summed E-state index contributed by atoms with van der Waals surface area (Å²) in [6.45, 7) is 3.87. The summed E-state index contributed by atoms with van der Waals surface area (Å²) in [5.74, 6) is -1.46.